The molecule has 1 aliphatic rings. The van der Waals surface area contributed by atoms with E-state index < -0.39 is 0 Å². The van der Waals surface area contributed by atoms with E-state index in [-0.39, 0.29) is 5.91 Å². The number of hydrogen-bond acceptors (Lipinski definition) is 2. The third-order valence-electron chi connectivity index (χ3n) is 3.54. The molecule has 4 heteroatoms. The van der Waals surface area contributed by atoms with Crippen LogP contribution in [-0.2, 0) is 6.42 Å². The summed E-state index contributed by atoms with van der Waals surface area (Å²) in [7, 11) is 0. The topological polar surface area (TPSA) is 42.0 Å². The van der Waals surface area contributed by atoms with Gasteiger partial charge < -0.3 is 5.32 Å². The first-order valence-corrected chi connectivity index (χ1v) is 6.57. The Morgan fingerprint density at radius 3 is 2.84 bits per heavy atom. The van der Waals surface area contributed by atoms with Crippen molar-refractivity contribution < 1.29 is 4.79 Å². The summed E-state index contributed by atoms with van der Waals surface area (Å²) in [6.07, 6.45) is 2.57. The highest BCUT2D eigenvalue weighted by molar-refractivity contribution is 6.29. The smallest absolute Gasteiger partial charge is 0.251 e. The van der Waals surface area contributed by atoms with E-state index in [4.69, 9.17) is 11.6 Å². The van der Waals surface area contributed by atoms with Crippen LogP contribution >= 0.6 is 11.6 Å². The van der Waals surface area contributed by atoms with Crippen molar-refractivity contribution in [3.05, 3.63) is 52.3 Å². The summed E-state index contributed by atoms with van der Waals surface area (Å²) in [5.41, 5.74) is 5.21. The predicted octanol–water partition coefficient (Wildman–Crippen LogP) is 3.00. The molecule has 96 valence electrons. The molecular formula is C15H13ClN2O. The summed E-state index contributed by atoms with van der Waals surface area (Å²) in [5, 5.41) is 3.34. The summed E-state index contributed by atoms with van der Waals surface area (Å²) in [6.45, 7) is 2.76. The number of carbonyl (C=O) groups excluding carboxylic acids is 1. The summed E-state index contributed by atoms with van der Waals surface area (Å²) >= 11 is 5.94. The highest BCUT2D eigenvalue weighted by atomic mass is 35.5. The number of benzene rings is 1. The van der Waals surface area contributed by atoms with Crippen molar-refractivity contribution in [2.45, 2.75) is 13.3 Å². The van der Waals surface area contributed by atoms with E-state index in [1.54, 1.807) is 6.20 Å². The zero-order chi connectivity index (χ0) is 13.4. The van der Waals surface area contributed by atoms with Gasteiger partial charge in [0, 0.05) is 18.3 Å². The Balaban J connectivity index is 2.17. The van der Waals surface area contributed by atoms with E-state index in [0.29, 0.717) is 11.7 Å². The van der Waals surface area contributed by atoms with Gasteiger partial charge in [0.15, 0.2) is 0 Å². The molecule has 0 bridgehead atoms. The molecule has 1 aromatic carbocycles. The van der Waals surface area contributed by atoms with Crippen LogP contribution in [0.4, 0.5) is 0 Å². The molecule has 0 saturated carbocycles. The first-order valence-electron chi connectivity index (χ1n) is 6.19. The Morgan fingerprint density at radius 1 is 1.26 bits per heavy atom. The first kappa shape index (κ1) is 12.2. The van der Waals surface area contributed by atoms with Gasteiger partial charge in [-0.3, -0.25) is 4.79 Å². The van der Waals surface area contributed by atoms with E-state index in [1.807, 2.05) is 24.3 Å². The number of hydrogen-bond donors (Lipinski definition) is 1. The second kappa shape index (κ2) is 4.67. The number of rotatable bonds is 1. The first-order chi connectivity index (χ1) is 9.16. The fourth-order valence-corrected chi connectivity index (χ4v) is 2.74. The minimum absolute atomic E-state index is 0.0173. The lowest BCUT2D eigenvalue weighted by Gasteiger charge is -2.20. The van der Waals surface area contributed by atoms with Crippen LogP contribution in [0, 0.1) is 6.92 Å². The van der Waals surface area contributed by atoms with Gasteiger partial charge >= 0.3 is 0 Å². The van der Waals surface area contributed by atoms with Gasteiger partial charge in [-0.2, -0.15) is 0 Å². The van der Waals surface area contributed by atoms with Gasteiger partial charge in [-0.25, -0.2) is 4.98 Å². The third-order valence-corrected chi connectivity index (χ3v) is 3.75. The van der Waals surface area contributed by atoms with Crippen LogP contribution < -0.4 is 5.32 Å². The van der Waals surface area contributed by atoms with Crippen molar-refractivity contribution >= 4 is 17.5 Å². The average Bonchev–Trinajstić information content (AvgIpc) is 2.40. The molecule has 2 heterocycles. The Hall–Kier alpha value is -1.87. The van der Waals surface area contributed by atoms with Gasteiger partial charge in [-0.05, 0) is 53.8 Å². The number of fused-ring (bicyclic) bond motifs is 1. The van der Waals surface area contributed by atoms with Crippen molar-refractivity contribution in [3.8, 4) is 11.1 Å². The molecule has 0 atom stereocenters. The number of nitrogens with zero attached hydrogens (tertiary/aromatic N) is 1. The second-order valence-corrected chi connectivity index (χ2v) is 5.02. The largest absolute Gasteiger partial charge is 0.352 e. The predicted molar refractivity (Wildman–Crippen MR) is 75.5 cm³/mol. The zero-order valence-electron chi connectivity index (χ0n) is 10.5. The Morgan fingerprint density at radius 2 is 2.05 bits per heavy atom. The summed E-state index contributed by atoms with van der Waals surface area (Å²) < 4.78 is 0. The van der Waals surface area contributed by atoms with Crippen molar-refractivity contribution in [2.75, 3.05) is 6.54 Å². The maximum absolute atomic E-state index is 11.8. The van der Waals surface area contributed by atoms with E-state index in [1.165, 1.54) is 0 Å². The van der Waals surface area contributed by atoms with Crippen molar-refractivity contribution in [2.24, 2.45) is 0 Å². The van der Waals surface area contributed by atoms with Gasteiger partial charge in [0.2, 0.25) is 0 Å². The van der Waals surface area contributed by atoms with Gasteiger partial charge in [-0.15, -0.1) is 0 Å². The van der Waals surface area contributed by atoms with E-state index in [2.05, 4.69) is 17.2 Å². The van der Waals surface area contributed by atoms with Gasteiger partial charge in [0.05, 0.1) is 0 Å². The molecule has 0 aliphatic carbocycles. The molecule has 0 radical (unpaired) electrons. The molecule has 0 unspecified atom stereocenters. The molecule has 1 amide bonds. The molecule has 3 nitrogen and oxygen atoms in total. The van der Waals surface area contributed by atoms with Crippen LogP contribution in [0.2, 0.25) is 5.15 Å². The zero-order valence-corrected chi connectivity index (χ0v) is 11.3. The molecule has 1 aliphatic heterocycles. The van der Waals surface area contributed by atoms with Crippen LogP contribution in [0.1, 0.15) is 21.5 Å². The molecule has 0 spiro atoms. The molecule has 19 heavy (non-hydrogen) atoms. The van der Waals surface area contributed by atoms with Gasteiger partial charge in [0.1, 0.15) is 5.15 Å². The minimum Gasteiger partial charge on any atom is -0.352 e. The maximum atomic E-state index is 11.8. The van der Waals surface area contributed by atoms with Gasteiger partial charge in [-0.1, -0.05) is 17.7 Å². The summed E-state index contributed by atoms with van der Waals surface area (Å²) in [4.78, 5) is 15.8. The maximum Gasteiger partial charge on any atom is 0.251 e. The van der Waals surface area contributed by atoms with Crippen LogP contribution in [0.5, 0.6) is 0 Å². The highest BCUT2D eigenvalue weighted by Gasteiger charge is 2.20. The van der Waals surface area contributed by atoms with Crippen molar-refractivity contribution in [1.29, 1.82) is 0 Å². The number of amides is 1. The van der Waals surface area contributed by atoms with Crippen LogP contribution in [0.25, 0.3) is 11.1 Å². The van der Waals surface area contributed by atoms with E-state index >= 15 is 0 Å². The van der Waals surface area contributed by atoms with E-state index in [9.17, 15) is 4.79 Å². The Labute approximate surface area is 116 Å². The second-order valence-electron chi connectivity index (χ2n) is 4.64. The van der Waals surface area contributed by atoms with Crippen LogP contribution in [0.3, 0.4) is 0 Å². The molecule has 2 aromatic rings. The fourth-order valence-electron chi connectivity index (χ4n) is 2.57. The minimum atomic E-state index is 0.0173. The van der Waals surface area contributed by atoms with Crippen molar-refractivity contribution in [1.82, 2.24) is 10.3 Å². The van der Waals surface area contributed by atoms with Crippen molar-refractivity contribution in [3.63, 3.8) is 0 Å². The van der Waals surface area contributed by atoms with Gasteiger partial charge in [0.25, 0.3) is 5.91 Å². The van der Waals surface area contributed by atoms with Crippen LogP contribution in [0.15, 0.2) is 30.5 Å². The SMILES string of the molecule is Cc1c(-c2ccnc(Cl)c2)ccc2c1CCNC2=O. The summed E-state index contributed by atoms with van der Waals surface area (Å²) in [5.74, 6) is 0.0173. The lowest BCUT2D eigenvalue weighted by Crippen LogP contribution is -2.32. The number of carbonyl (C=O) groups is 1. The highest BCUT2D eigenvalue weighted by Crippen LogP contribution is 2.30. The van der Waals surface area contributed by atoms with Crippen LogP contribution in [-0.4, -0.2) is 17.4 Å². The molecular weight excluding hydrogens is 260 g/mol. The molecule has 1 N–H and O–H groups in total. The summed E-state index contributed by atoms with van der Waals surface area (Å²) in [6, 6.07) is 7.65. The number of nitrogens with one attached hydrogen (secondary N) is 1. The normalized spacial score (nSPS) is 13.9. The fraction of sp³-hybridized carbons (Fsp3) is 0.200. The standard InChI is InChI=1S/C15H13ClN2O/c1-9-11(10-4-6-17-14(16)8-10)2-3-13-12(9)5-7-18-15(13)19/h2-4,6,8H,5,7H2,1H3,(H,18,19). The Bertz CT molecular complexity index is 667. The molecule has 0 fully saturated rings. The monoisotopic (exact) mass is 272 g/mol. The molecule has 0 saturated heterocycles. The quantitative estimate of drug-likeness (QED) is 0.811. The lowest BCUT2D eigenvalue weighted by atomic mass is 9.89. The van der Waals surface area contributed by atoms with E-state index in [0.717, 1.165) is 34.2 Å². The number of halogens is 1. The molecule has 1 aromatic heterocycles. The molecule has 3 rings (SSSR count). The lowest BCUT2D eigenvalue weighted by molar-refractivity contribution is 0.0946. The number of aromatic nitrogens is 1. The average molecular weight is 273 g/mol. The number of pyridine rings is 1. The Kier molecular flexibility index (Phi) is 2.99. The third kappa shape index (κ3) is 2.10.